The van der Waals surface area contributed by atoms with E-state index in [-0.39, 0.29) is 29.2 Å². The third-order valence-electron chi connectivity index (χ3n) is 5.59. The Labute approximate surface area is 165 Å². The lowest BCUT2D eigenvalue weighted by Crippen LogP contribution is -2.37. The van der Waals surface area contributed by atoms with E-state index >= 15 is 0 Å². The van der Waals surface area contributed by atoms with Crippen molar-refractivity contribution in [2.45, 2.75) is 32.7 Å². The summed E-state index contributed by atoms with van der Waals surface area (Å²) in [6.45, 7) is 6.21. The Morgan fingerprint density at radius 3 is 2.29 bits per heavy atom. The van der Waals surface area contributed by atoms with E-state index in [0.717, 1.165) is 0 Å². The second kappa shape index (κ2) is 7.72. The molecule has 1 aliphatic rings. The van der Waals surface area contributed by atoms with Crippen molar-refractivity contribution in [3.63, 3.8) is 0 Å². The number of nitrogens with one attached hydrogen (secondary N) is 1. The van der Waals surface area contributed by atoms with Crippen molar-refractivity contribution < 1.29 is 9.59 Å². The molecule has 2 aromatic rings. The molecule has 1 aromatic carbocycles. The molecule has 1 saturated heterocycles. The Hall–Kier alpha value is -2.73. The van der Waals surface area contributed by atoms with Crippen LogP contribution in [-0.2, 0) is 0 Å². The summed E-state index contributed by atoms with van der Waals surface area (Å²) in [5.41, 5.74) is 2.81. The van der Waals surface area contributed by atoms with Crippen molar-refractivity contribution in [1.82, 2.24) is 14.8 Å². The lowest BCUT2D eigenvalue weighted by molar-refractivity contribution is 0.0780. The van der Waals surface area contributed by atoms with Gasteiger partial charge < -0.3 is 14.8 Å². The van der Waals surface area contributed by atoms with E-state index in [1.165, 1.54) is 24.1 Å². The van der Waals surface area contributed by atoms with Gasteiger partial charge in [-0.15, -0.1) is 0 Å². The molecular formula is C22H27N3O3. The zero-order valence-corrected chi connectivity index (χ0v) is 17.1. The lowest BCUT2D eigenvalue weighted by Gasteiger charge is -2.25. The number of hydrogen-bond donors (Lipinski definition) is 1. The smallest absolute Gasteiger partial charge is 0.261 e. The van der Waals surface area contributed by atoms with Crippen molar-refractivity contribution in [3.8, 4) is 0 Å². The summed E-state index contributed by atoms with van der Waals surface area (Å²) in [7, 11) is 4.01. The predicted molar refractivity (Wildman–Crippen MR) is 109 cm³/mol. The molecule has 0 saturated carbocycles. The van der Waals surface area contributed by atoms with Crippen LogP contribution in [0.15, 0.2) is 35.1 Å². The van der Waals surface area contributed by atoms with Gasteiger partial charge in [-0.25, -0.2) is 0 Å². The number of hydrogen-bond acceptors (Lipinski definition) is 4. The molecule has 0 spiro atoms. The summed E-state index contributed by atoms with van der Waals surface area (Å²) >= 11 is 0. The Bertz CT molecular complexity index is 960. The summed E-state index contributed by atoms with van der Waals surface area (Å²) in [6, 6.07) is 9.96. The number of pyridine rings is 1. The summed E-state index contributed by atoms with van der Waals surface area (Å²) in [6.07, 6.45) is 0. The molecule has 6 nitrogen and oxygen atoms in total. The van der Waals surface area contributed by atoms with E-state index < -0.39 is 5.56 Å². The van der Waals surface area contributed by atoms with Crippen LogP contribution in [-0.4, -0.2) is 59.7 Å². The molecule has 3 rings (SSSR count). The standard InChI is InChI=1S/C22H27N3O3/c1-13-6-8-16(9-7-13)19-11-25(12-20(19)24(4)5)22(28)18-10-17(15(3)26)14(2)23-21(18)27/h6-10,19-20H,11-12H2,1-5H3,(H,23,27). The molecule has 148 valence electrons. The van der Waals surface area contributed by atoms with E-state index in [1.54, 1.807) is 11.8 Å². The fourth-order valence-electron chi connectivity index (χ4n) is 3.93. The number of aromatic amines is 1. The van der Waals surface area contributed by atoms with Gasteiger partial charge in [-0.05, 0) is 46.5 Å². The predicted octanol–water partition coefficient (Wildman–Crippen LogP) is 2.36. The molecule has 0 radical (unpaired) electrons. The van der Waals surface area contributed by atoms with E-state index in [4.69, 9.17) is 0 Å². The quantitative estimate of drug-likeness (QED) is 0.825. The number of likely N-dealkylation sites (tertiary alicyclic amines) is 1. The van der Waals surface area contributed by atoms with Gasteiger partial charge >= 0.3 is 0 Å². The highest BCUT2D eigenvalue weighted by molar-refractivity contribution is 6.00. The maximum absolute atomic E-state index is 13.1. The van der Waals surface area contributed by atoms with Gasteiger partial charge in [0.1, 0.15) is 5.56 Å². The first-order valence-corrected chi connectivity index (χ1v) is 9.46. The van der Waals surface area contributed by atoms with Gasteiger partial charge in [0, 0.05) is 36.3 Å². The Balaban J connectivity index is 1.93. The second-order valence-corrected chi connectivity index (χ2v) is 7.87. The number of carbonyl (C=O) groups is 2. The normalized spacial score (nSPS) is 19.3. The SMILES string of the molecule is CC(=O)c1cc(C(=O)N2CC(c3ccc(C)cc3)C(N(C)C)C2)c(=O)[nH]c1C. The molecule has 0 aliphatic carbocycles. The number of aromatic nitrogens is 1. The number of likely N-dealkylation sites (N-methyl/N-ethyl adjacent to an activating group) is 1. The van der Waals surface area contributed by atoms with Crippen molar-refractivity contribution >= 4 is 11.7 Å². The van der Waals surface area contributed by atoms with Crippen LogP contribution in [0.5, 0.6) is 0 Å². The number of nitrogens with zero attached hydrogens (tertiary/aromatic N) is 2. The second-order valence-electron chi connectivity index (χ2n) is 7.87. The van der Waals surface area contributed by atoms with Crippen LogP contribution in [0.2, 0.25) is 0 Å². The number of Topliss-reactive ketones (excluding diaryl/α,β-unsaturated/α-hetero) is 1. The molecule has 28 heavy (non-hydrogen) atoms. The maximum atomic E-state index is 13.1. The number of ketones is 1. The first kappa shape index (κ1) is 20.0. The van der Waals surface area contributed by atoms with Gasteiger partial charge in [-0.2, -0.15) is 0 Å². The van der Waals surface area contributed by atoms with Gasteiger partial charge in [0.05, 0.1) is 0 Å². The highest BCUT2D eigenvalue weighted by atomic mass is 16.2. The Morgan fingerprint density at radius 2 is 1.71 bits per heavy atom. The van der Waals surface area contributed by atoms with Gasteiger partial charge in [-0.1, -0.05) is 29.8 Å². The molecule has 1 N–H and O–H groups in total. The van der Waals surface area contributed by atoms with Crippen molar-refractivity contribution in [3.05, 3.63) is 68.6 Å². The number of amides is 1. The molecule has 1 aromatic heterocycles. The highest BCUT2D eigenvalue weighted by Gasteiger charge is 2.38. The van der Waals surface area contributed by atoms with Gasteiger partial charge in [0.15, 0.2) is 5.78 Å². The molecular weight excluding hydrogens is 354 g/mol. The summed E-state index contributed by atoms with van der Waals surface area (Å²) < 4.78 is 0. The molecule has 2 atom stereocenters. The molecule has 1 aliphatic heterocycles. The fourth-order valence-corrected chi connectivity index (χ4v) is 3.93. The minimum Gasteiger partial charge on any atom is -0.336 e. The van der Waals surface area contributed by atoms with E-state index in [1.807, 2.05) is 21.0 Å². The van der Waals surface area contributed by atoms with Crippen LogP contribution in [0, 0.1) is 13.8 Å². The number of H-pyrrole nitrogens is 1. The Kier molecular flexibility index (Phi) is 5.52. The first-order chi connectivity index (χ1) is 13.2. The zero-order chi connectivity index (χ0) is 20.6. The molecule has 1 amide bonds. The first-order valence-electron chi connectivity index (χ1n) is 9.46. The van der Waals surface area contributed by atoms with Crippen LogP contribution in [0.25, 0.3) is 0 Å². The molecule has 6 heteroatoms. The van der Waals surface area contributed by atoms with Crippen LogP contribution in [0.1, 0.15) is 50.4 Å². The molecule has 2 heterocycles. The van der Waals surface area contributed by atoms with Crippen LogP contribution < -0.4 is 5.56 Å². The largest absolute Gasteiger partial charge is 0.336 e. The fraction of sp³-hybridized carbons (Fsp3) is 0.409. The average Bonchev–Trinajstić information content (AvgIpc) is 3.07. The third kappa shape index (κ3) is 3.78. The number of benzene rings is 1. The minimum absolute atomic E-state index is 0.0258. The molecule has 0 bridgehead atoms. The zero-order valence-electron chi connectivity index (χ0n) is 17.1. The van der Waals surface area contributed by atoms with Crippen LogP contribution in [0.3, 0.4) is 0 Å². The number of carbonyl (C=O) groups excluding carboxylic acids is 2. The Morgan fingerprint density at radius 1 is 1.07 bits per heavy atom. The van der Waals surface area contributed by atoms with Gasteiger partial charge in [-0.3, -0.25) is 14.4 Å². The van der Waals surface area contributed by atoms with Crippen molar-refractivity contribution in [2.24, 2.45) is 0 Å². The maximum Gasteiger partial charge on any atom is 0.261 e. The van der Waals surface area contributed by atoms with E-state index in [2.05, 4.69) is 34.1 Å². The summed E-state index contributed by atoms with van der Waals surface area (Å²) in [5, 5.41) is 0. The van der Waals surface area contributed by atoms with Gasteiger partial charge in [0.25, 0.3) is 11.5 Å². The van der Waals surface area contributed by atoms with Gasteiger partial charge in [0.2, 0.25) is 0 Å². The highest BCUT2D eigenvalue weighted by Crippen LogP contribution is 2.31. The molecule has 2 unspecified atom stereocenters. The topological polar surface area (TPSA) is 73.5 Å². The number of rotatable bonds is 4. The van der Waals surface area contributed by atoms with Crippen molar-refractivity contribution in [1.29, 1.82) is 0 Å². The summed E-state index contributed by atoms with van der Waals surface area (Å²) in [5.74, 6) is -0.338. The van der Waals surface area contributed by atoms with E-state index in [0.29, 0.717) is 24.3 Å². The average molecular weight is 381 g/mol. The third-order valence-corrected chi connectivity index (χ3v) is 5.59. The van der Waals surface area contributed by atoms with Crippen LogP contribution in [0.4, 0.5) is 0 Å². The lowest BCUT2D eigenvalue weighted by atomic mass is 9.93. The number of aryl methyl sites for hydroxylation is 2. The van der Waals surface area contributed by atoms with E-state index in [9.17, 15) is 14.4 Å². The minimum atomic E-state index is -0.451. The van der Waals surface area contributed by atoms with Crippen LogP contribution >= 0.6 is 0 Å². The molecule has 1 fully saturated rings. The summed E-state index contributed by atoms with van der Waals surface area (Å²) in [4.78, 5) is 43.8. The van der Waals surface area contributed by atoms with Crippen molar-refractivity contribution in [2.75, 3.05) is 27.2 Å². The monoisotopic (exact) mass is 381 g/mol.